The number of aliphatic hydroxyl groups excluding tert-OH is 1. The lowest BCUT2D eigenvalue weighted by Gasteiger charge is -2.57. The molecule has 3 aromatic carbocycles. The minimum Gasteiger partial charge on any atom is -0.395 e. The first kappa shape index (κ1) is 23.4. The molecule has 0 radical (unpaired) electrons. The van der Waals surface area contributed by atoms with Crippen LogP contribution in [0.25, 0.3) is 0 Å². The number of amides is 1. The Balaban J connectivity index is 1.32. The number of hydrogen-bond acceptors (Lipinski definition) is 3. The number of rotatable bonds is 4. The summed E-state index contributed by atoms with van der Waals surface area (Å²) in [6, 6.07) is 28.8. The number of fused-ring (bicyclic) bond motifs is 1. The van der Waals surface area contributed by atoms with Gasteiger partial charge in [-0.05, 0) is 54.8 Å². The van der Waals surface area contributed by atoms with Crippen molar-refractivity contribution in [3.63, 3.8) is 0 Å². The number of nitrogens with zero attached hydrogens (tertiary/aromatic N) is 2. The van der Waals surface area contributed by atoms with E-state index in [2.05, 4.69) is 41.0 Å². The molecule has 1 amide bonds. The molecule has 1 N–H and O–H groups in total. The largest absolute Gasteiger partial charge is 0.395 e. The van der Waals surface area contributed by atoms with Crippen molar-refractivity contribution >= 4 is 5.91 Å². The number of carbonyl (C=O) groups is 1. The van der Waals surface area contributed by atoms with Crippen LogP contribution in [0.4, 0.5) is 0 Å². The summed E-state index contributed by atoms with van der Waals surface area (Å²) < 4.78 is 0. The van der Waals surface area contributed by atoms with E-state index in [-0.39, 0.29) is 30.5 Å². The van der Waals surface area contributed by atoms with Crippen molar-refractivity contribution in [3.05, 3.63) is 107 Å². The Hall–Kier alpha value is -3.39. The van der Waals surface area contributed by atoms with Crippen molar-refractivity contribution in [2.45, 2.75) is 37.3 Å². The van der Waals surface area contributed by atoms with Crippen LogP contribution in [0.15, 0.2) is 84.9 Å². The van der Waals surface area contributed by atoms with Gasteiger partial charge in [-0.3, -0.25) is 9.69 Å². The molecule has 3 aromatic rings. The van der Waals surface area contributed by atoms with Crippen LogP contribution in [-0.2, 0) is 11.2 Å². The number of hydrogen-bond donors (Lipinski definition) is 1. The van der Waals surface area contributed by atoms with Crippen molar-refractivity contribution in [1.82, 2.24) is 9.80 Å². The topological polar surface area (TPSA) is 43.8 Å². The molecule has 4 nitrogen and oxygen atoms in total. The third-order valence-electron chi connectivity index (χ3n) is 7.34. The van der Waals surface area contributed by atoms with E-state index >= 15 is 0 Å². The van der Waals surface area contributed by atoms with Gasteiger partial charge in [0.15, 0.2) is 0 Å². The third kappa shape index (κ3) is 5.32. The first-order valence-electron chi connectivity index (χ1n) is 12.6. The van der Waals surface area contributed by atoms with Crippen molar-refractivity contribution in [3.8, 4) is 11.8 Å². The van der Waals surface area contributed by atoms with E-state index in [1.807, 2.05) is 65.6 Å². The van der Waals surface area contributed by atoms with Gasteiger partial charge in [-0.2, -0.15) is 0 Å². The summed E-state index contributed by atoms with van der Waals surface area (Å²) in [6.07, 6.45) is 2.49. The smallest absolute Gasteiger partial charge is 0.227 e. The van der Waals surface area contributed by atoms with Gasteiger partial charge in [0.05, 0.1) is 13.0 Å². The zero-order valence-corrected chi connectivity index (χ0v) is 20.0. The van der Waals surface area contributed by atoms with Gasteiger partial charge in [-0.1, -0.05) is 72.5 Å². The lowest BCUT2D eigenvalue weighted by atomic mass is 9.74. The summed E-state index contributed by atoms with van der Waals surface area (Å²) >= 11 is 0. The molecule has 0 aromatic heterocycles. The van der Waals surface area contributed by atoms with Crippen LogP contribution in [0.1, 0.15) is 41.0 Å². The zero-order valence-electron chi connectivity index (χ0n) is 20.0. The Bertz CT molecular complexity index is 1180. The van der Waals surface area contributed by atoms with E-state index in [1.165, 1.54) is 5.56 Å². The molecule has 0 spiro atoms. The second kappa shape index (κ2) is 10.9. The standard InChI is InChI=1S/C31H32N2O2/c34-23-29-31(27-17-15-25(16-18-27)14-13-24-9-3-1-4-10-24)28-22-32(19-7-8-20-33(28)29)30(35)21-26-11-5-2-6-12-26/h1-6,9-12,15-18,28-29,31,34H,7-8,19-23H2/t28-,29-,31-/m0/s1. The Morgan fingerprint density at radius 3 is 2.14 bits per heavy atom. The number of carbonyl (C=O) groups excluding carboxylic acids is 1. The monoisotopic (exact) mass is 464 g/mol. The maximum Gasteiger partial charge on any atom is 0.227 e. The number of benzene rings is 3. The molecular weight excluding hydrogens is 432 g/mol. The molecule has 2 fully saturated rings. The lowest BCUT2D eigenvalue weighted by molar-refractivity contribution is -0.135. The van der Waals surface area contributed by atoms with E-state index < -0.39 is 0 Å². The molecule has 2 saturated heterocycles. The Morgan fingerprint density at radius 1 is 0.829 bits per heavy atom. The minimum absolute atomic E-state index is 0.102. The first-order valence-corrected chi connectivity index (χ1v) is 12.6. The van der Waals surface area contributed by atoms with Gasteiger partial charge in [-0.25, -0.2) is 0 Å². The fourth-order valence-electron chi connectivity index (χ4n) is 5.50. The average molecular weight is 465 g/mol. The molecule has 2 aliphatic rings. The van der Waals surface area contributed by atoms with Gasteiger partial charge < -0.3 is 10.0 Å². The highest BCUT2D eigenvalue weighted by Crippen LogP contribution is 2.42. The highest BCUT2D eigenvalue weighted by atomic mass is 16.3. The van der Waals surface area contributed by atoms with Gasteiger partial charge in [-0.15, -0.1) is 0 Å². The molecule has 35 heavy (non-hydrogen) atoms. The quantitative estimate of drug-likeness (QED) is 0.592. The molecule has 0 bridgehead atoms. The second-order valence-corrected chi connectivity index (χ2v) is 9.53. The van der Waals surface area contributed by atoms with Gasteiger partial charge in [0, 0.05) is 42.2 Å². The van der Waals surface area contributed by atoms with Crippen molar-refractivity contribution in [2.75, 3.05) is 26.2 Å². The molecular formula is C31H32N2O2. The fraction of sp³-hybridized carbons (Fsp3) is 0.323. The molecule has 0 unspecified atom stereocenters. The van der Waals surface area contributed by atoms with Crippen LogP contribution < -0.4 is 0 Å². The highest BCUT2D eigenvalue weighted by molar-refractivity contribution is 5.78. The zero-order chi connectivity index (χ0) is 24.0. The maximum absolute atomic E-state index is 13.2. The van der Waals surface area contributed by atoms with Crippen LogP contribution >= 0.6 is 0 Å². The highest BCUT2D eigenvalue weighted by Gasteiger charge is 2.49. The van der Waals surface area contributed by atoms with Crippen molar-refractivity contribution in [1.29, 1.82) is 0 Å². The predicted octanol–water partition coefficient (Wildman–Crippen LogP) is 4.08. The van der Waals surface area contributed by atoms with Crippen molar-refractivity contribution < 1.29 is 9.90 Å². The van der Waals surface area contributed by atoms with Gasteiger partial charge in [0.25, 0.3) is 0 Å². The van der Waals surface area contributed by atoms with Crippen LogP contribution in [0, 0.1) is 11.8 Å². The van der Waals surface area contributed by atoms with Gasteiger partial charge in [0.1, 0.15) is 0 Å². The fourth-order valence-corrected chi connectivity index (χ4v) is 5.50. The van der Waals surface area contributed by atoms with Crippen LogP contribution in [0.3, 0.4) is 0 Å². The lowest BCUT2D eigenvalue weighted by Crippen LogP contribution is -2.68. The molecule has 3 atom stereocenters. The summed E-state index contributed by atoms with van der Waals surface area (Å²) in [6.45, 7) is 2.63. The minimum atomic E-state index is 0.102. The first-order chi connectivity index (χ1) is 17.2. The summed E-state index contributed by atoms with van der Waals surface area (Å²) in [4.78, 5) is 17.6. The van der Waals surface area contributed by atoms with E-state index in [1.54, 1.807) is 0 Å². The Kier molecular flexibility index (Phi) is 7.28. The number of aliphatic hydroxyl groups is 1. The molecule has 2 heterocycles. The molecule has 0 aliphatic carbocycles. The normalized spacial score (nSPS) is 22.1. The molecule has 4 heteroatoms. The van der Waals surface area contributed by atoms with Crippen LogP contribution in [0.5, 0.6) is 0 Å². The summed E-state index contributed by atoms with van der Waals surface area (Å²) in [5.41, 5.74) is 4.25. The predicted molar refractivity (Wildman–Crippen MR) is 139 cm³/mol. The average Bonchev–Trinajstić information content (AvgIpc) is 2.88. The SMILES string of the molecule is O=C(Cc1ccccc1)N1CCCCN2[C@@H](CO)[C@@H](c3ccc(C#Cc4ccccc4)cc3)[C@@H]2C1. The molecule has 178 valence electrons. The van der Waals surface area contributed by atoms with Crippen molar-refractivity contribution in [2.24, 2.45) is 0 Å². The summed E-state index contributed by atoms with van der Waals surface area (Å²) in [5, 5.41) is 10.2. The van der Waals surface area contributed by atoms with Crippen LogP contribution in [0.2, 0.25) is 0 Å². The Morgan fingerprint density at radius 2 is 1.46 bits per heavy atom. The third-order valence-corrected chi connectivity index (χ3v) is 7.34. The summed E-state index contributed by atoms with van der Waals surface area (Å²) in [5.74, 6) is 6.86. The van der Waals surface area contributed by atoms with E-state index in [9.17, 15) is 9.90 Å². The van der Waals surface area contributed by atoms with E-state index in [4.69, 9.17) is 0 Å². The summed E-state index contributed by atoms with van der Waals surface area (Å²) in [7, 11) is 0. The maximum atomic E-state index is 13.2. The van der Waals surface area contributed by atoms with Gasteiger partial charge >= 0.3 is 0 Å². The molecule has 0 saturated carbocycles. The van der Waals surface area contributed by atoms with E-state index in [0.717, 1.165) is 42.6 Å². The van der Waals surface area contributed by atoms with Gasteiger partial charge in [0.2, 0.25) is 5.91 Å². The Labute approximate surface area is 208 Å². The molecule has 5 rings (SSSR count). The van der Waals surface area contributed by atoms with Crippen LogP contribution in [-0.4, -0.2) is 59.1 Å². The van der Waals surface area contributed by atoms with E-state index in [0.29, 0.717) is 13.0 Å². The second-order valence-electron chi connectivity index (χ2n) is 9.53. The molecule has 2 aliphatic heterocycles.